The maximum atomic E-state index is 14.1. The molecule has 0 aromatic heterocycles. The van der Waals surface area contributed by atoms with Gasteiger partial charge in [0.1, 0.15) is 5.38 Å². The summed E-state index contributed by atoms with van der Waals surface area (Å²) >= 11 is 5.95. The van der Waals surface area contributed by atoms with Crippen molar-refractivity contribution in [3.05, 3.63) is 59.7 Å². The third-order valence-corrected chi connectivity index (χ3v) is 14.6. The number of amides is 2. The highest BCUT2D eigenvalue weighted by molar-refractivity contribution is 6.32. The molecule has 2 amide bonds. The minimum atomic E-state index is -1.05. The van der Waals surface area contributed by atoms with Crippen molar-refractivity contribution in [3.8, 4) is 0 Å². The summed E-state index contributed by atoms with van der Waals surface area (Å²) < 4.78 is 18.7. The highest BCUT2D eigenvalue weighted by atomic mass is 35.5. The minimum absolute atomic E-state index is 0.0321. The van der Waals surface area contributed by atoms with Gasteiger partial charge in [0.15, 0.2) is 0 Å². The Balaban J connectivity index is 1.08. The van der Waals surface area contributed by atoms with Gasteiger partial charge < -0.3 is 35.1 Å². The van der Waals surface area contributed by atoms with E-state index in [0.29, 0.717) is 17.8 Å². The Kier molecular flexibility index (Phi) is 9.03. The number of carbonyl (C=O) groups excluding carboxylic acids is 3. The number of anilines is 2. The van der Waals surface area contributed by atoms with Gasteiger partial charge in [0.05, 0.1) is 53.0 Å². The van der Waals surface area contributed by atoms with E-state index in [1.807, 2.05) is 0 Å². The maximum absolute atomic E-state index is 14.1. The van der Waals surface area contributed by atoms with Crippen molar-refractivity contribution in [2.45, 2.75) is 81.3 Å². The lowest BCUT2D eigenvalue weighted by Gasteiger charge is -2.69. The number of likely N-dealkylation sites (tertiary alicyclic amines) is 1. The van der Waals surface area contributed by atoms with Crippen molar-refractivity contribution >= 4 is 40.8 Å². The molecule has 1 aliphatic heterocycles. The van der Waals surface area contributed by atoms with Gasteiger partial charge in [-0.1, -0.05) is 31.2 Å². The van der Waals surface area contributed by atoms with Gasteiger partial charge in [0.2, 0.25) is 5.91 Å². The van der Waals surface area contributed by atoms with E-state index in [9.17, 15) is 24.6 Å². The standard InChI is InChI=1S/C40H50ClN3O8/c1-5-44-19-38(20-52-37(48)23-11-7-9-13-28(23)43-36(47)22-10-6-8-12-27(22)42-35(46)21(2)41)15-14-31(51-4)40-25-16-24-29(50-3)18-39(49,32(25)33(24)45)26(34(40)44)17-30(38)40/h6-13,21,24-26,29-34,45,49H,5,14-20H2,1-4H3,(H,42,46)(H,43,47)/t21?,24?,25-,26?,29+,30-,31+,32-,33+,34?,38+,39+,40?/m1/s1. The molecule has 5 unspecified atom stereocenters. The highest BCUT2D eigenvalue weighted by Gasteiger charge is 2.83. The third kappa shape index (κ3) is 4.99. The number of halogens is 1. The van der Waals surface area contributed by atoms with Gasteiger partial charge >= 0.3 is 5.97 Å². The van der Waals surface area contributed by atoms with Gasteiger partial charge in [-0.2, -0.15) is 0 Å². The number of nitrogens with one attached hydrogen (secondary N) is 2. The second-order valence-electron chi connectivity index (χ2n) is 16.2. The van der Waals surface area contributed by atoms with Crippen LogP contribution in [0.1, 0.15) is 66.7 Å². The smallest absolute Gasteiger partial charge is 0.340 e. The van der Waals surface area contributed by atoms with Crippen molar-refractivity contribution in [2.75, 3.05) is 44.5 Å². The number of hydrogen-bond donors (Lipinski definition) is 4. The molecule has 2 aromatic rings. The van der Waals surface area contributed by atoms with Gasteiger partial charge in [-0.05, 0) is 75.3 Å². The lowest BCUT2D eigenvalue weighted by atomic mass is 9.43. The number of esters is 1. The fourth-order valence-electron chi connectivity index (χ4n) is 12.6. The zero-order valence-electron chi connectivity index (χ0n) is 30.2. The van der Waals surface area contributed by atoms with Crippen LogP contribution in [-0.2, 0) is 19.0 Å². The van der Waals surface area contributed by atoms with E-state index in [2.05, 4.69) is 22.5 Å². The molecule has 5 saturated carbocycles. The van der Waals surface area contributed by atoms with Gasteiger partial charge in [-0.3, -0.25) is 14.5 Å². The first kappa shape index (κ1) is 35.9. The molecule has 7 bridgehead atoms. The molecule has 0 radical (unpaired) electrons. The van der Waals surface area contributed by atoms with Crippen molar-refractivity contribution in [2.24, 2.45) is 40.4 Å². The summed E-state index contributed by atoms with van der Waals surface area (Å²) in [6.07, 6.45) is 2.85. The van der Waals surface area contributed by atoms with Gasteiger partial charge in [0, 0.05) is 61.8 Å². The Morgan fingerprint density at radius 3 is 2.37 bits per heavy atom. The van der Waals surface area contributed by atoms with E-state index in [1.54, 1.807) is 69.7 Å². The van der Waals surface area contributed by atoms with Crippen LogP contribution in [0.3, 0.4) is 0 Å². The van der Waals surface area contributed by atoms with E-state index in [0.717, 1.165) is 38.8 Å². The van der Waals surface area contributed by atoms with Gasteiger partial charge in [-0.15, -0.1) is 11.6 Å². The van der Waals surface area contributed by atoms with Crippen molar-refractivity contribution in [1.29, 1.82) is 0 Å². The molecule has 1 spiro atoms. The topological polar surface area (TPSA) is 147 Å². The number of carbonyl (C=O) groups is 3. The van der Waals surface area contributed by atoms with Crippen LogP contribution in [0.15, 0.2) is 48.5 Å². The molecule has 1 heterocycles. The number of aliphatic hydroxyl groups is 2. The quantitative estimate of drug-likeness (QED) is 0.204. The zero-order chi connectivity index (χ0) is 36.7. The normalized spacial score (nSPS) is 40.2. The Morgan fingerprint density at radius 1 is 1.00 bits per heavy atom. The lowest BCUT2D eigenvalue weighted by molar-refractivity contribution is -0.275. The molecule has 6 fully saturated rings. The summed E-state index contributed by atoms with van der Waals surface area (Å²) in [5, 5.41) is 29.3. The molecule has 12 heteroatoms. The van der Waals surface area contributed by atoms with Crippen LogP contribution in [0.2, 0.25) is 0 Å². The van der Waals surface area contributed by atoms with Crippen molar-refractivity contribution in [1.82, 2.24) is 4.90 Å². The van der Waals surface area contributed by atoms with E-state index < -0.39 is 34.9 Å². The summed E-state index contributed by atoms with van der Waals surface area (Å²) in [6.45, 7) is 5.45. The number of nitrogens with zero attached hydrogens (tertiary/aromatic N) is 1. The Morgan fingerprint density at radius 2 is 1.69 bits per heavy atom. The Hall–Kier alpha value is -3.06. The van der Waals surface area contributed by atoms with E-state index in [1.165, 1.54) is 0 Å². The fraction of sp³-hybridized carbons (Fsp3) is 0.625. The second-order valence-corrected chi connectivity index (χ2v) is 16.9. The molecule has 5 aliphatic carbocycles. The van der Waals surface area contributed by atoms with Crippen LogP contribution < -0.4 is 10.6 Å². The van der Waals surface area contributed by atoms with E-state index in [-0.39, 0.29) is 76.4 Å². The molecule has 8 rings (SSSR count). The minimum Gasteiger partial charge on any atom is -0.461 e. The number of fused-ring (bicyclic) bond motifs is 2. The molecule has 52 heavy (non-hydrogen) atoms. The molecule has 2 aromatic carbocycles. The zero-order valence-corrected chi connectivity index (χ0v) is 31.0. The maximum Gasteiger partial charge on any atom is 0.340 e. The molecule has 6 aliphatic rings. The fourth-order valence-corrected chi connectivity index (χ4v) is 12.7. The summed E-state index contributed by atoms with van der Waals surface area (Å²) in [6, 6.07) is 13.5. The molecule has 1 saturated heterocycles. The van der Waals surface area contributed by atoms with Crippen LogP contribution in [0.25, 0.3) is 0 Å². The molecular formula is C40H50ClN3O8. The first-order chi connectivity index (χ1) is 24.9. The van der Waals surface area contributed by atoms with Crippen LogP contribution in [0.4, 0.5) is 11.4 Å². The predicted octanol–water partition coefficient (Wildman–Crippen LogP) is 4.56. The Bertz CT molecular complexity index is 1760. The summed E-state index contributed by atoms with van der Waals surface area (Å²) in [7, 11) is 3.50. The number of alkyl halides is 1. The number of hydrogen-bond acceptors (Lipinski definition) is 9. The van der Waals surface area contributed by atoms with Gasteiger partial charge in [0.25, 0.3) is 5.91 Å². The summed E-state index contributed by atoms with van der Waals surface area (Å²) in [4.78, 5) is 42.4. The van der Waals surface area contributed by atoms with Crippen LogP contribution in [0, 0.1) is 40.4 Å². The van der Waals surface area contributed by atoms with Crippen LogP contribution >= 0.6 is 11.6 Å². The van der Waals surface area contributed by atoms with E-state index in [4.69, 9.17) is 25.8 Å². The SMILES string of the molecule is CCN1C[C@]2(COC(=O)c3ccccc3NC(=O)c3ccccc3NC(=O)C(C)Cl)CC[C@H](OC)C34C1C(C[C@@H]32)[C@@]1(O)C[C@H](OC)C2C[C@@H]4[C@@H]1[C@H]2O. The first-order valence-corrected chi connectivity index (χ1v) is 19.2. The molecule has 11 nitrogen and oxygen atoms in total. The van der Waals surface area contributed by atoms with E-state index >= 15 is 0 Å². The van der Waals surface area contributed by atoms with Crippen molar-refractivity contribution in [3.63, 3.8) is 0 Å². The number of rotatable bonds is 10. The highest BCUT2D eigenvalue weighted by Crippen LogP contribution is 2.79. The summed E-state index contributed by atoms with van der Waals surface area (Å²) in [5.41, 5.74) is -0.672. The number of benzene rings is 2. The number of methoxy groups -OCH3 is 2. The lowest BCUT2D eigenvalue weighted by Crippen LogP contribution is -2.76. The average Bonchev–Trinajstić information content (AvgIpc) is 3.57. The molecular weight excluding hydrogens is 686 g/mol. The monoisotopic (exact) mass is 735 g/mol. The number of aliphatic hydroxyl groups excluding tert-OH is 1. The van der Waals surface area contributed by atoms with Gasteiger partial charge in [-0.25, -0.2) is 4.79 Å². The van der Waals surface area contributed by atoms with Crippen LogP contribution in [-0.4, -0.2) is 102 Å². The first-order valence-electron chi connectivity index (χ1n) is 18.8. The molecule has 280 valence electrons. The number of para-hydroxylation sites is 2. The average molecular weight is 736 g/mol. The predicted molar refractivity (Wildman–Crippen MR) is 194 cm³/mol. The van der Waals surface area contributed by atoms with Crippen LogP contribution in [0.5, 0.6) is 0 Å². The second kappa shape index (κ2) is 13.1. The van der Waals surface area contributed by atoms with Crippen molar-refractivity contribution < 1.29 is 38.8 Å². The molecule has 13 atom stereocenters. The molecule has 4 N–H and O–H groups in total. The largest absolute Gasteiger partial charge is 0.461 e. The number of piperidine rings is 1. The Labute approximate surface area is 309 Å². The number of ether oxygens (including phenoxy) is 3. The third-order valence-electron chi connectivity index (χ3n) is 14.4. The summed E-state index contributed by atoms with van der Waals surface area (Å²) in [5.74, 6) is -1.62.